The molecule has 5 rings (SSSR count). The Labute approximate surface area is 169 Å². The molecule has 3 aromatic rings. The molecule has 2 aliphatic rings. The van der Waals surface area contributed by atoms with Gasteiger partial charge in [0.25, 0.3) is 5.91 Å². The first-order chi connectivity index (χ1) is 14.1. The van der Waals surface area contributed by atoms with E-state index < -0.39 is 0 Å². The highest BCUT2D eigenvalue weighted by atomic mass is 16.2. The monoisotopic (exact) mass is 382 g/mol. The lowest BCUT2D eigenvalue weighted by molar-refractivity contribution is -0.121. The largest absolute Gasteiger partial charge is 0.317 e. The average Bonchev–Trinajstić information content (AvgIpc) is 3.34. The first kappa shape index (κ1) is 17.6. The molecule has 0 saturated carbocycles. The maximum atomic E-state index is 12.2. The van der Waals surface area contributed by atoms with Crippen LogP contribution in [-0.2, 0) is 4.79 Å². The van der Waals surface area contributed by atoms with Crippen molar-refractivity contribution in [2.75, 3.05) is 14.1 Å². The van der Waals surface area contributed by atoms with Crippen LogP contribution < -0.4 is 0 Å². The summed E-state index contributed by atoms with van der Waals surface area (Å²) in [5, 5.41) is 5.81. The molecule has 5 nitrogen and oxygen atoms in total. The number of carbonyl (C=O) groups is 1. The Morgan fingerprint density at radius 3 is 2.90 bits per heavy atom. The van der Waals surface area contributed by atoms with Crippen LogP contribution >= 0.6 is 0 Å². The summed E-state index contributed by atoms with van der Waals surface area (Å²) in [6, 6.07) is 12.9. The van der Waals surface area contributed by atoms with Crippen molar-refractivity contribution < 1.29 is 4.79 Å². The number of aliphatic imine (C=N–C) groups is 1. The zero-order valence-electron chi connectivity index (χ0n) is 16.8. The summed E-state index contributed by atoms with van der Waals surface area (Å²) in [6.07, 6.45) is 8.79. The molecule has 0 spiro atoms. The molecule has 144 valence electrons. The molecule has 1 unspecified atom stereocenters. The Balaban J connectivity index is 1.60. The third kappa shape index (κ3) is 2.73. The number of allylic oxidation sites excluding steroid dienone is 2. The summed E-state index contributed by atoms with van der Waals surface area (Å²) in [5.74, 6) is -0.0366. The second-order valence-corrected chi connectivity index (χ2v) is 7.66. The zero-order valence-corrected chi connectivity index (χ0v) is 16.8. The maximum absolute atomic E-state index is 12.2. The number of amides is 1. The van der Waals surface area contributed by atoms with Crippen molar-refractivity contribution in [1.29, 1.82) is 0 Å². The lowest BCUT2D eigenvalue weighted by Crippen LogP contribution is -2.33. The fourth-order valence-electron chi connectivity index (χ4n) is 4.30. The van der Waals surface area contributed by atoms with E-state index in [2.05, 4.69) is 65.1 Å². The highest BCUT2D eigenvalue weighted by Gasteiger charge is 2.25. The van der Waals surface area contributed by atoms with Gasteiger partial charge in [0, 0.05) is 32.1 Å². The molecular formula is C24H22N4O. The van der Waals surface area contributed by atoms with E-state index in [0.29, 0.717) is 12.1 Å². The predicted octanol–water partition coefficient (Wildman–Crippen LogP) is 4.23. The molecule has 29 heavy (non-hydrogen) atoms. The topological polar surface area (TPSA) is 50.5 Å². The molecular weight excluding hydrogens is 360 g/mol. The minimum Gasteiger partial charge on any atom is -0.317 e. The molecule has 0 fully saturated rings. The summed E-state index contributed by atoms with van der Waals surface area (Å²) in [7, 11) is 3.45. The van der Waals surface area contributed by atoms with Gasteiger partial charge in [0.15, 0.2) is 0 Å². The van der Waals surface area contributed by atoms with Crippen LogP contribution in [0.4, 0.5) is 0 Å². The van der Waals surface area contributed by atoms with Gasteiger partial charge in [0.2, 0.25) is 0 Å². The summed E-state index contributed by atoms with van der Waals surface area (Å²) in [6.45, 7) is 2.14. The molecule has 1 amide bonds. The summed E-state index contributed by atoms with van der Waals surface area (Å²) in [5.41, 5.74) is 7.69. The Kier molecular flexibility index (Phi) is 3.98. The van der Waals surface area contributed by atoms with Gasteiger partial charge in [0.1, 0.15) is 5.71 Å². The highest BCUT2D eigenvalue weighted by molar-refractivity contribution is 6.41. The zero-order chi connectivity index (χ0) is 20.1. The summed E-state index contributed by atoms with van der Waals surface area (Å²) < 4.78 is 2.09. The first-order valence-corrected chi connectivity index (χ1v) is 9.75. The standard InChI is InChI=1S/C24H22N4O/c1-15-5-4-6-20-19(15)9-10-22(20)28-23-12-16(7-8-17(23)13-26-28)18-11-21(25-2)24(29)27(3)14-18/h4-10,12-14,22H,11H2,1-3H3. The van der Waals surface area contributed by atoms with Gasteiger partial charge in [-0.05, 0) is 40.8 Å². The molecule has 1 aliphatic heterocycles. The van der Waals surface area contributed by atoms with E-state index in [0.717, 1.165) is 22.0 Å². The molecule has 2 heterocycles. The quantitative estimate of drug-likeness (QED) is 0.666. The Bertz CT molecular complexity index is 1240. The van der Waals surface area contributed by atoms with Gasteiger partial charge in [-0.15, -0.1) is 0 Å². The number of hydrogen-bond acceptors (Lipinski definition) is 3. The van der Waals surface area contributed by atoms with Crippen LogP contribution in [0, 0.1) is 6.92 Å². The second-order valence-electron chi connectivity index (χ2n) is 7.66. The van der Waals surface area contributed by atoms with Crippen molar-refractivity contribution in [1.82, 2.24) is 14.7 Å². The second kappa shape index (κ2) is 6.55. The molecule has 2 aromatic carbocycles. The van der Waals surface area contributed by atoms with Gasteiger partial charge < -0.3 is 4.90 Å². The first-order valence-electron chi connectivity index (χ1n) is 9.75. The van der Waals surface area contributed by atoms with Crippen LogP contribution in [0.3, 0.4) is 0 Å². The fourth-order valence-corrected chi connectivity index (χ4v) is 4.30. The average molecular weight is 382 g/mol. The maximum Gasteiger partial charge on any atom is 0.271 e. The summed E-state index contributed by atoms with van der Waals surface area (Å²) >= 11 is 0. The molecule has 1 aromatic heterocycles. The van der Waals surface area contributed by atoms with Crippen molar-refractivity contribution in [3.63, 3.8) is 0 Å². The van der Waals surface area contributed by atoms with E-state index >= 15 is 0 Å². The normalized spacial score (nSPS) is 19.9. The van der Waals surface area contributed by atoms with Crippen LogP contribution in [0.25, 0.3) is 22.6 Å². The van der Waals surface area contributed by atoms with Crippen LogP contribution in [0.5, 0.6) is 0 Å². The summed E-state index contributed by atoms with van der Waals surface area (Å²) in [4.78, 5) is 18.0. The molecule has 1 aliphatic carbocycles. The minimum absolute atomic E-state index is 0.0366. The van der Waals surface area contributed by atoms with Gasteiger partial charge >= 0.3 is 0 Å². The van der Waals surface area contributed by atoms with E-state index in [-0.39, 0.29) is 11.9 Å². The Hall–Kier alpha value is -3.47. The minimum atomic E-state index is -0.0366. The molecule has 1 atom stereocenters. The van der Waals surface area contributed by atoms with Crippen LogP contribution in [0.1, 0.15) is 34.7 Å². The lowest BCUT2D eigenvalue weighted by Gasteiger charge is -2.22. The fraction of sp³-hybridized carbons (Fsp3) is 0.208. The van der Waals surface area contributed by atoms with E-state index in [1.807, 2.05) is 12.4 Å². The molecule has 0 N–H and O–H groups in total. The van der Waals surface area contributed by atoms with Crippen molar-refractivity contribution >= 4 is 34.2 Å². The van der Waals surface area contributed by atoms with E-state index in [9.17, 15) is 4.79 Å². The lowest BCUT2D eigenvalue weighted by atomic mass is 9.96. The number of hydrogen-bond donors (Lipinski definition) is 0. The number of carbonyl (C=O) groups excluding carboxylic acids is 1. The number of fused-ring (bicyclic) bond motifs is 2. The van der Waals surface area contributed by atoms with Crippen LogP contribution in [0.15, 0.2) is 59.9 Å². The number of rotatable bonds is 2. The molecule has 0 radical (unpaired) electrons. The van der Waals surface area contributed by atoms with Gasteiger partial charge in [-0.2, -0.15) is 5.10 Å². The SMILES string of the molecule is CN=C1CC(c2ccc3cnn(C4C=Cc5c(C)cccc54)c3c2)=CN(C)C1=O. The van der Waals surface area contributed by atoms with Crippen molar-refractivity contribution in [3.05, 3.63) is 77.1 Å². The van der Waals surface area contributed by atoms with Gasteiger partial charge in [0.05, 0.1) is 17.8 Å². The highest BCUT2D eigenvalue weighted by Crippen LogP contribution is 2.35. The van der Waals surface area contributed by atoms with Gasteiger partial charge in [-0.1, -0.05) is 42.5 Å². The van der Waals surface area contributed by atoms with E-state index in [4.69, 9.17) is 5.10 Å². The number of aryl methyl sites for hydroxylation is 1. The Morgan fingerprint density at radius 1 is 1.21 bits per heavy atom. The smallest absolute Gasteiger partial charge is 0.271 e. The Morgan fingerprint density at radius 2 is 2.07 bits per heavy atom. The van der Waals surface area contributed by atoms with Crippen molar-refractivity contribution in [2.45, 2.75) is 19.4 Å². The van der Waals surface area contributed by atoms with Crippen molar-refractivity contribution in [2.24, 2.45) is 4.99 Å². The molecule has 0 bridgehead atoms. The van der Waals surface area contributed by atoms with Crippen LogP contribution in [0.2, 0.25) is 0 Å². The third-order valence-electron chi connectivity index (χ3n) is 5.90. The predicted molar refractivity (Wildman–Crippen MR) is 117 cm³/mol. The number of benzene rings is 2. The van der Waals surface area contributed by atoms with Crippen LogP contribution in [-0.4, -0.2) is 40.4 Å². The number of nitrogens with zero attached hydrogens (tertiary/aromatic N) is 4. The van der Waals surface area contributed by atoms with Crippen molar-refractivity contribution in [3.8, 4) is 0 Å². The molecule has 0 saturated heterocycles. The third-order valence-corrected chi connectivity index (χ3v) is 5.90. The van der Waals surface area contributed by atoms with Gasteiger partial charge in [-0.25, -0.2) is 0 Å². The van der Waals surface area contributed by atoms with E-state index in [1.165, 1.54) is 16.7 Å². The van der Waals surface area contributed by atoms with Gasteiger partial charge in [-0.3, -0.25) is 14.5 Å². The molecule has 5 heteroatoms. The number of aromatic nitrogens is 2. The van der Waals surface area contributed by atoms with E-state index in [1.54, 1.807) is 19.0 Å².